The molecule has 2 aromatic carbocycles. The average Bonchev–Trinajstić information content (AvgIpc) is 3.29. The maximum atomic E-state index is 12.9. The number of carboxylic acid groups (broad SMARTS) is 1. The molecular formula is C22H23N4O5S-. The molecule has 0 radical (unpaired) electrons. The molecule has 4 rings (SSSR count). The maximum Gasteiger partial charge on any atom is 0.243 e. The summed E-state index contributed by atoms with van der Waals surface area (Å²) in [6.45, 7) is 0.620. The first-order chi connectivity index (χ1) is 15.3. The van der Waals surface area contributed by atoms with Crippen molar-refractivity contribution in [3.63, 3.8) is 0 Å². The van der Waals surface area contributed by atoms with Gasteiger partial charge in [-0.1, -0.05) is 17.3 Å². The summed E-state index contributed by atoms with van der Waals surface area (Å²) in [6.07, 6.45) is 1.11. The van der Waals surface area contributed by atoms with E-state index in [4.69, 9.17) is 4.52 Å². The minimum atomic E-state index is -3.71. The Kier molecular flexibility index (Phi) is 5.98. The number of sulfonamides is 1. The lowest BCUT2D eigenvalue weighted by molar-refractivity contribution is -0.255. The van der Waals surface area contributed by atoms with Crippen LogP contribution < -0.4 is 10.0 Å². The molecule has 0 unspecified atom stereocenters. The largest absolute Gasteiger partial charge is 0.545 e. The SMILES string of the molecule is CN(C)c1ccc(-c2noc(C3CCN(S(=O)(=O)c4ccc(C(=O)[O-])cc4)CC3)n2)cc1. The van der Waals surface area contributed by atoms with Crippen LogP contribution in [0.5, 0.6) is 0 Å². The molecule has 0 saturated carbocycles. The van der Waals surface area contributed by atoms with Crippen molar-refractivity contribution in [1.29, 1.82) is 0 Å². The van der Waals surface area contributed by atoms with Gasteiger partial charge in [0.25, 0.3) is 0 Å². The molecule has 9 nitrogen and oxygen atoms in total. The monoisotopic (exact) mass is 455 g/mol. The fourth-order valence-corrected chi connectivity index (χ4v) is 5.15. The molecule has 0 N–H and O–H groups in total. The molecule has 0 spiro atoms. The van der Waals surface area contributed by atoms with Crippen LogP contribution in [-0.4, -0.2) is 56.0 Å². The third-order valence-corrected chi connectivity index (χ3v) is 7.53. The zero-order valence-corrected chi connectivity index (χ0v) is 18.6. The van der Waals surface area contributed by atoms with Crippen molar-refractivity contribution in [3.05, 3.63) is 60.0 Å². The van der Waals surface area contributed by atoms with Crippen molar-refractivity contribution in [3.8, 4) is 11.4 Å². The van der Waals surface area contributed by atoms with Crippen molar-refractivity contribution < 1.29 is 22.8 Å². The van der Waals surface area contributed by atoms with Crippen LogP contribution in [0.25, 0.3) is 11.4 Å². The number of benzene rings is 2. The summed E-state index contributed by atoms with van der Waals surface area (Å²) in [5, 5.41) is 15.0. The zero-order valence-electron chi connectivity index (χ0n) is 17.8. The van der Waals surface area contributed by atoms with Crippen LogP contribution in [0.3, 0.4) is 0 Å². The Hall–Kier alpha value is -3.24. The standard InChI is InChI=1S/C22H24N4O5S/c1-25(2)18-7-3-15(4-8-18)20-23-21(31-24-20)16-11-13-26(14-12-16)32(29,30)19-9-5-17(6-10-19)22(27)28/h3-10,16H,11-14H2,1-2H3,(H,27,28)/p-1. The van der Waals surface area contributed by atoms with Gasteiger partial charge >= 0.3 is 0 Å². The van der Waals surface area contributed by atoms with Gasteiger partial charge in [-0.05, 0) is 54.8 Å². The van der Waals surface area contributed by atoms with Crippen LogP contribution in [0, 0.1) is 0 Å². The fourth-order valence-electron chi connectivity index (χ4n) is 3.68. The van der Waals surface area contributed by atoms with E-state index in [9.17, 15) is 18.3 Å². The van der Waals surface area contributed by atoms with E-state index in [1.54, 1.807) is 0 Å². The van der Waals surface area contributed by atoms with E-state index in [0.29, 0.717) is 37.6 Å². The molecule has 1 aromatic heterocycles. The molecule has 168 valence electrons. The van der Waals surface area contributed by atoms with Gasteiger partial charge in [0.2, 0.25) is 21.7 Å². The lowest BCUT2D eigenvalue weighted by atomic mass is 9.98. The topological polar surface area (TPSA) is 120 Å². The van der Waals surface area contributed by atoms with E-state index < -0.39 is 16.0 Å². The lowest BCUT2D eigenvalue weighted by Gasteiger charge is -2.29. The predicted molar refractivity (Wildman–Crippen MR) is 116 cm³/mol. The minimum Gasteiger partial charge on any atom is -0.545 e. The highest BCUT2D eigenvalue weighted by Crippen LogP contribution is 2.31. The Balaban J connectivity index is 1.42. The number of anilines is 1. The summed E-state index contributed by atoms with van der Waals surface area (Å²) in [6, 6.07) is 12.9. The van der Waals surface area contributed by atoms with E-state index >= 15 is 0 Å². The van der Waals surface area contributed by atoms with Gasteiger partial charge in [0.05, 0.1) is 10.9 Å². The average molecular weight is 456 g/mol. The quantitative estimate of drug-likeness (QED) is 0.551. The van der Waals surface area contributed by atoms with E-state index in [0.717, 1.165) is 11.3 Å². The second-order valence-corrected chi connectivity index (χ2v) is 9.83. The predicted octanol–water partition coefficient (Wildman–Crippen LogP) is 1.73. The first kappa shape index (κ1) is 22.0. The Morgan fingerprint density at radius 3 is 2.25 bits per heavy atom. The lowest BCUT2D eigenvalue weighted by Crippen LogP contribution is -2.38. The van der Waals surface area contributed by atoms with Gasteiger partial charge < -0.3 is 19.3 Å². The van der Waals surface area contributed by atoms with Crippen LogP contribution in [0.1, 0.15) is 35.0 Å². The first-order valence-corrected chi connectivity index (χ1v) is 11.6. The van der Waals surface area contributed by atoms with Crippen molar-refractivity contribution in [2.75, 3.05) is 32.1 Å². The van der Waals surface area contributed by atoms with Crippen LogP contribution in [-0.2, 0) is 10.0 Å². The molecule has 2 heterocycles. The summed E-state index contributed by atoms with van der Waals surface area (Å²) in [4.78, 5) is 17.5. The van der Waals surface area contributed by atoms with Crippen LogP contribution in [0.15, 0.2) is 57.9 Å². The highest BCUT2D eigenvalue weighted by atomic mass is 32.2. The third kappa shape index (κ3) is 4.37. The van der Waals surface area contributed by atoms with E-state index in [-0.39, 0.29) is 16.4 Å². The molecule has 1 fully saturated rings. The summed E-state index contributed by atoms with van der Waals surface area (Å²) in [5.74, 6) is -0.355. The molecule has 0 amide bonds. The van der Waals surface area contributed by atoms with E-state index in [1.807, 2.05) is 43.3 Å². The molecular weight excluding hydrogens is 432 g/mol. The van der Waals surface area contributed by atoms with Gasteiger partial charge in [-0.15, -0.1) is 0 Å². The number of carbonyl (C=O) groups is 1. The van der Waals surface area contributed by atoms with Crippen LogP contribution in [0.2, 0.25) is 0 Å². The molecule has 10 heteroatoms. The molecule has 1 saturated heterocycles. The number of hydrogen-bond acceptors (Lipinski definition) is 8. The second kappa shape index (κ2) is 8.71. The summed E-state index contributed by atoms with van der Waals surface area (Å²) in [5.41, 5.74) is 1.86. The number of nitrogens with zero attached hydrogens (tertiary/aromatic N) is 4. The highest BCUT2D eigenvalue weighted by Gasteiger charge is 2.32. The zero-order chi connectivity index (χ0) is 22.9. The fraction of sp³-hybridized carbons (Fsp3) is 0.318. The number of carboxylic acids is 1. The van der Waals surface area contributed by atoms with Gasteiger partial charge in [0.15, 0.2) is 0 Å². The number of aromatic nitrogens is 2. The number of hydrogen-bond donors (Lipinski definition) is 0. The Morgan fingerprint density at radius 2 is 1.69 bits per heavy atom. The summed E-state index contributed by atoms with van der Waals surface area (Å²) in [7, 11) is 0.228. The van der Waals surface area contributed by atoms with Gasteiger partial charge in [-0.3, -0.25) is 0 Å². The number of carbonyl (C=O) groups excluding carboxylic acids is 1. The maximum absolute atomic E-state index is 12.9. The molecule has 1 aliphatic heterocycles. The molecule has 1 aliphatic rings. The summed E-state index contributed by atoms with van der Waals surface area (Å²) >= 11 is 0. The Morgan fingerprint density at radius 1 is 1.06 bits per heavy atom. The normalized spacial score (nSPS) is 15.6. The summed E-state index contributed by atoms with van der Waals surface area (Å²) < 4.78 is 32.6. The Labute approximate surface area is 186 Å². The molecule has 0 aliphatic carbocycles. The highest BCUT2D eigenvalue weighted by molar-refractivity contribution is 7.89. The molecule has 32 heavy (non-hydrogen) atoms. The van der Waals surface area contributed by atoms with Crippen LogP contribution >= 0.6 is 0 Å². The van der Waals surface area contributed by atoms with Crippen molar-refractivity contribution in [2.24, 2.45) is 0 Å². The molecule has 0 bridgehead atoms. The van der Waals surface area contributed by atoms with E-state index in [2.05, 4.69) is 10.1 Å². The minimum absolute atomic E-state index is 0.0239. The van der Waals surface area contributed by atoms with E-state index in [1.165, 1.54) is 28.6 Å². The van der Waals surface area contributed by atoms with Crippen molar-refractivity contribution in [1.82, 2.24) is 14.4 Å². The number of aromatic carboxylic acids is 1. The Bertz CT molecular complexity index is 1200. The second-order valence-electron chi connectivity index (χ2n) is 7.89. The first-order valence-electron chi connectivity index (χ1n) is 10.2. The number of rotatable bonds is 6. The third-order valence-electron chi connectivity index (χ3n) is 5.61. The molecule has 0 atom stereocenters. The van der Waals surface area contributed by atoms with Crippen molar-refractivity contribution >= 4 is 21.7 Å². The van der Waals surface area contributed by atoms with Gasteiger partial charge in [0.1, 0.15) is 0 Å². The molecule has 3 aromatic rings. The number of piperidine rings is 1. The van der Waals surface area contributed by atoms with Crippen molar-refractivity contribution in [2.45, 2.75) is 23.7 Å². The van der Waals surface area contributed by atoms with Crippen LogP contribution in [0.4, 0.5) is 5.69 Å². The van der Waals surface area contributed by atoms with Gasteiger partial charge in [0, 0.05) is 44.4 Å². The van der Waals surface area contributed by atoms with Gasteiger partial charge in [-0.2, -0.15) is 9.29 Å². The van der Waals surface area contributed by atoms with Gasteiger partial charge in [-0.25, -0.2) is 8.42 Å². The smallest absolute Gasteiger partial charge is 0.243 e.